The van der Waals surface area contributed by atoms with Gasteiger partial charge in [-0.05, 0) is 72.9 Å². The summed E-state index contributed by atoms with van der Waals surface area (Å²) in [5.74, 6) is -3.82. The summed E-state index contributed by atoms with van der Waals surface area (Å²) < 4.78 is 4.81. The summed E-state index contributed by atoms with van der Waals surface area (Å²) in [7, 11) is 0. The molecule has 10 heteroatoms. The number of aliphatic carboxylic acids is 1. The minimum absolute atomic E-state index is 0.0994. The number of carbonyl (C=O) groups excluding carboxylic acids is 5. The van der Waals surface area contributed by atoms with Crippen molar-refractivity contribution in [3.8, 4) is 22.3 Å². The van der Waals surface area contributed by atoms with Crippen LogP contribution in [0.4, 0.5) is 5.69 Å². The predicted octanol–water partition coefficient (Wildman–Crippen LogP) is 6.77. The van der Waals surface area contributed by atoms with E-state index < -0.39 is 42.1 Å². The number of aryl methyl sites for hydroxylation is 2. The molecule has 1 atom stereocenters. The average molecular weight is 681 g/mol. The van der Waals surface area contributed by atoms with Gasteiger partial charge in [0.25, 0.3) is 30.1 Å². The molecule has 5 aromatic rings. The highest BCUT2D eigenvalue weighted by atomic mass is 16.5. The largest absolute Gasteiger partial charge is 0.481 e. The molecule has 0 aliphatic carbocycles. The van der Waals surface area contributed by atoms with E-state index in [0.717, 1.165) is 26.5 Å². The molecule has 0 spiro atoms. The Hall–Kier alpha value is -6.42. The van der Waals surface area contributed by atoms with E-state index >= 15 is 0 Å². The fraction of sp³-hybridized carbons (Fsp3) is 0.171. The Labute approximate surface area is 292 Å². The molecule has 5 aromatic carbocycles. The Bertz CT molecular complexity index is 2310. The summed E-state index contributed by atoms with van der Waals surface area (Å²) in [5, 5.41) is 10.0. The number of hydrogen-bond acceptors (Lipinski definition) is 7. The zero-order valence-electron chi connectivity index (χ0n) is 28.1. The lowest BCUT2D eigenvalue weighted by molar-refractivity contribution is -0.137. The third kappa shape index (κ3) is 5.54. The molecule has 0 saturated carbocycles. The van der Waals surface area contributed by atoms with Gasteiger partial charge in [-0.25, -0.2) is 4.90 Å². The minimum Gasteiger partial charge on any atom is -0.481 e. The molecule has 254 valence electrons. The van der Waals surface area contributed by atoms with Crippen molar-refractivity contribution in [1.29, 1.82) is 0 Å². The SMILES string of the molecule is Cc1ccc(-c2cc3c4c(c(-c5ccc(C)cc5)cc5c4c2C(=O)N(c2ccc(CCOC=O)cc2)C5=O)C(=O)N(C(C)CC(=O)O)C3=O)cc1. The third-order valence-corrected chi connectivity index (χ3v) is 9.54. The lowest BCUT2D eigenvalue weighted by Crippen LogP contribution is -2.48. The van der Waals surface area contributed by atoms with Crippen molar-refractivity contribution in [2.24, 2.45) is 0 Å². The summed E-state index contributed by atoms with van der Waals surface area (Å²) in [6.45, 7) is 5.90. The Balaban J connectivity index is 1.54. The van der Waals surface area contributed by atoms with E-state index in [1.165, 1.54) is 6.92 Å². The number of rotatable bonds is 10. The Morgan fingerprint density at radius 1 is 0.706 bits per heavy atom. The fourth-order valence-electron chi connectivity index (χ4n) is 7.02. The number of amides is 4. The number of imide groups is 2. The highest BCUT2D eigenvalue weighted by Gasteiger charge is 2.44. The Morgan fingerprint density at radius 2 is 1.22 bits per heavy atom. The molecular weight excluding hydrogens is 648 g/mol. The van der Waals surface area contributed by atoms with E-state index in [1.807, 2.05) is 62.4 Å². The minimum atomic E-state index is -1.17. The molecule has 0 bridgehead atoms. The van der Waals surface area contributed by atoms with Gasteiger partial charge in [0.2, 0.25) is 0 Å². The molecule has 0 aromatic heterocycles. The number of carboxylic acids is 1. The number of hydrogen-bond donors (Lipinski definition) is 1. The van der Waals surface area contributed by atoms with Crippen molar-refractivity contribution in [2.75, 3.05) is 11.5 Å². The molecule has 0 radical (unpaired) electrons. The van der Waals surface area contributed by atoms with E-state index in [4.69, 9.17) is 4.74 Å². The zero-order chi connectivity index (χ0) is 36.1. The van der Waals surface area contributed by atoms with E-state index in [9.17, 15) is 33.9 Å². The molecule has 7 rings (SSSR count). The van der Waals surface area contributed by atoms with Crippen LogP contribution < -0.4 is 4.90 Å². The monoisotopic (exact) mass is 680 g/mol. The maximum atomic E-state index is 14.7. The van der Waals surface area contributed by atoms with Crippen molar-refractivity contribution in [1.82, 2.24) is 4.90 Å². The van der Waals surface area contributed by atoms with Gasteiger partial charge in [-0.1, -0.05) is 71.8 Å². The summed E-state index contributed by atoms with van der Waals surface area (Å²) in [6.07, 6.45) is -0.0259. The second-order valence-electron chi connectivity index (χ2n) is 12.9. The van der Waals surface area contributed by atoms with Crippen LogP contribution in [-0.2, 0) is 20.7 Å². The van der Waals surface area contributed by atoms with Crippen molar-refractivity contribution >= 4 is 52.5 Å². The number of ether oxygens (including phenoxy) is 1. The highest BCUT2D eigenvalue weighted by molar-refractivity contribution is 6.41. The van der Waals surface area contributed by atoms with Crippen LogP contribution >= 0.6 is 0 Å². The topological polar surface area (TPSA) is 138 Å². The zero-order valence-corrected chi connectivity index (χ0v) is 28.1. The highest BCUT2D eigenvalue weighted by Crippen LogP contribution is 2.47. The van der Waals surface area contributed by atoms with Gasteiger partial charge in [0.05, 0.1) is 29.8 Å². The van der Waals surface area contributed by atoms with Crippen LogP contribution in [0, 0.1) is 13.8 Å². The van der Waals surface area contributed by atoms with Gasteiger partial charge in [0, 0.05) is 34.4 Å². The van der Waals surface area contributed by atoms with Gasteiger partial charge < -0.3 is 9.84 Å². The molecule has 2 aliphatic heterocycles. The van der Waals surface area contributed by atoms with Crippen molar-refractivity contribution in [3.05, 3.63) is 124 Å². The second-order valence-corrected chi connectivity index (χ2v) is 12.9. The summed E-state index contributed by atoms with van der Waals surface area (Å²) in [6, 6.07) is 23.8. The third-order valence-electron chi connectivity index (χ3n) is 9.54. The second kappa shape index (κ2) is 12.8. The summed E-state index contributed by atoms with van der Waals surface area (Å²) in [4.78, 5) is 82.7. The average Bonchev–Trinajstić information content (AvgIpc) is 3.10. The molecule has 51 heavy (non-hydrogen) atoms. The van der Waals surface area contributed by atoms with Gasteiger partial charge in [-0.15, -0.1) is 0 Å². The van der Waals surface area contributed by atoms with Crippen LogP contribution in [0.2, 0.25) is 0 Å². The standard InChI is InChI=1S/C41H32N2O8/c1-22-4-10-26(11-5-22)29-20-32-35-34-31(38(47)42(40(49)36(29)34)24(3)18-33(45)46)19-30(27-12-6-23(2)7-13-27)37(35)41(50)43(39(32)48)28-14-8-25(9-15-28)16-17-51-21-44/h4-15,19-21,24H,16-18H2,1-3H3,(H,45,46). The number of carbonyl (C=O) groups is 6. The van der Waals surface area contributed by atoms with Gasteiger partial charge in [0.15, 0.2) is 0 Å². The smallest absolute Gasteiger partial charge is 0.305 e. The number of benzene rings is 5. The molecule has 2 heterocycles. The van der Waals surface area contributed by atoms with Crippen LogP contribution in [0.1, 0.15) is 71.5 Å². The van der Waals surface area contributed by atoms with E-state index in [0.29, 0.717) is 40.8 Å². The van der Waals surface area contributed by atoms with Gasteiger partial charge in [-0.2, -0.15) is 0 Å². The first-order valence-electron chi connectivity index (χ1n) is 16.4. The van der Waals surface area contributed by atoms with E-state index in [2.05, 4.69) is 0 Å². The summed E-state index contributed by atoms with van der Waals surface area (Å²) in [5.41, 5.74) is 5.61. The first-order chi connectivity index (χ1) is 24.5. The van der Waals surface area contributed by atoms with Gasteiger partial charge >= 0.3 is 5.97 Å². The number of nitrogens with zero attached hydrogens (tertiary/aromatic N) is 2. The van der Waals surface area contributed by atoms with Crippen LogP contribution in [0.5, 0.6) is 0 Å². The van der Waals surface area contributed by atoms with Crippen LogP contribution in [-0.4, -0.2) is 58.7 Å². The van der Waals surface area contributed by atoms with Crippen LogP contribution in [0.3, 0.4) is 0 Å². The number of anilines is 1. The molecule has 10 nitrogen and oxygen atoms in total. The fourth-order valence-corrected chi connectivity index (χ4v) is 7.02. The molecular formula is C41H32N2O8. The molecule has 1 N–H and O–H groups in total. The van der Waals surface area contributed by atoms with Crippen LogP contribution in [0.15, 0.2) is 84.9 Å². The molecule has 4 amide bonds. The Kier molecular flexibility index (Phi) is 8.30. The lowest BCUT2D eigenvalue weighted by Gasteiger charge is -2.36. The molecule has 0 fully saturated rings. The first kappa shape index (κ1) is 33.1. The van der Waals surface area contributed by atoms with E-state index in [1.54, 1.807) is 36.4 Å². The van der Waals surface area contributed by atoms with Crippen molar-refractivity contribution < 1.29 is 38.6 Å². The van der Waals surface area contributed by atoms with Crippen molar-refractivity contribution in [2.45, 2.75) is 39.7 Å². The summed E-state index contributed by atoms with van der Waals surface area (Å²) >= 11 is 0. The van der Waals surface area contributed by atoms with Crippen molar-refractivity contribution in [3.63, 3.8) is 0 Å². The first-order valence-corrected chi connectivity index (χ1v) is 16.4. The van der Waals surface area contributed by atoms with Gasteiger partial charge in [0.1, 0.15) is 0 Å². The molecule has 0 saturated heterocycles. The quantitative estimate of drug-likeness (QED) is 0.0970. The Morgan fingerprint density at radius 3 is 1.73 bits per heavy atom. The maximum absolute atomic E-state index is 14.7. The van der Waals surface area contributed by atoms with E-state index in [-0.39, 0.29) is 39.6 Å². The molecule has 1 unspecified atom stereocenters. The normalized spacial score (nSPS) is 14.3. The molecule has 2 aliphatic rings. The van der Waals surface area contributed by atoms with Gasteiger partial charge in [-0.3, -0.25) is 33.7 Å². The lowest BCUT2D eigenvalue weighted by atomic mass is 9.78. The maximum Gasteiger partial charge on any atom is 0.305 e. The predicted molar refractivity (Wildman–Crippen MR) is 190 cm³/mol. The number of carboxylic acid groups (broad SMARTS) is 1. The van der Waals surface area contributed by atoms with Crippen LogP contribution in [0.25, 0.3) is 33.0 Å².